The zero-order chi connectivity index (χ0) is 22.4. The first-order chi connectivity index (χ1) is 14.8. The number of anilines is 1. The van der Waals surface area contributed by atoms with E-state index < -0.39 is 17.3 Å². The minimum atomic E-state index is -1.22. The van der Waals surface area contributed by atoms with Crippen LogP contribution in [0, 0.1) is 11.2 Å². The minimum absolute atomic E-state index is 0. The summed E-state index contributed by atoms with van der Waals surface area (Å²) in [4.78, 5) is 28.3. The molecule has 0 unspecified atom stereocenters. The monoisotopic (exact) mass is 462 g/mol. The SMILES string of the molecule is CCC(CC)(CC(=O)Nc1cccc(OCc2ccc3ccc(F)cc3n2)c1)C(=O)[O-].[K+]. The number of carboxylic acids is 1. The molecule has 32 heavy (non-hydrogen) atoms. The number of halogens is 1. The van der Waals surface area contributed by atoms with Crippen molar-refractivity contribution in [2.75, 3.05) is 5.32 Å². The number of hydrogen-bond acceptors (Lipinski definition) is 5. The van der Waals surface area contributed by atoms with Gasteiger partial charge in [-0.3, -0.25) is 4.79 Å². The molecular formula is C24H24FKN2O4. The number of nitrogens with one attached hydrogen (secondary N) is 1. The maximum atomic E-state index is 13.4. The number of carbonyl (C=O) groups is 2. The van der Waals surface area contributed by atoms with E-state index in [4.69, 9.17) is 4.74 Å². The van der Waals surface area contributed by atoms with Crippen molar-refractivity contribution in [1.29, 1.82) is 0 Å². The second-order valence-corrected chi connectivity index (χ2v) is 7.46. The van der Waals surface area contributed by atoms with Crippen molar-refractivity contribution in [2.24, 2.45) is 5.41 Å². The van der Waals surface area contributed by atoms with Gasteiger partial charge in [0.05, 0.1) is 11.2 Å². The molecular weight excluding hydrogens is 438 g/mol. The summed E-state index contributed by atoms with van der Waals surface area (Å²) in [5.41, 5.74) is 0.498. The van der Waals surface area contributed by atoms with Crippen molar-refractivity contribution in [3.05, 3.63) is 66.1 Å². The van der Waals surface area contributed by atoms with Gasteiger partial charge in [0.2, 0.25) is 5.91 Å². The normalized spacial score (nSPS) is 11.0. The van der Waals surface area contributed by atoms with Crippen LogP contribution in [0.2, 0.25) is 0 Å². The van der Waals surface area contributed by atoms with E-state index in [1.165, 1.54) is 12.1 Å². The fourth-order valence-electron chi connectivity index (χ4n) is 3.41. The molecule has 0 spiro atoms. The fraction of sp³-hybridized carbons (Fsp3) is 0.292. The zero-order valence-corrected chi connectivity index (χ0v) is 21.6. The average Bonchev–Trinajstić information content (AvgIpc) is 2.75. The van der Waals surface area contributed by atoms with E-state index in [1.807, 2.05) is 6.07 Å². The van der Waals surface area contributed by atoms with Gasteiger partial charge in [-0.25, -0.2) is 9.37 Å². The van der Waals surface area contributed by atoms with E-state index in [-0.39, 0.29) is 70.2 Å². The van der Waals surface area contributed by atoms with E-state index in [2.05, 4.69) is 10.3 Å². The zero-order valence-electron chi connectivity index (χ0n) is 18.5. The van der Waals surface area contributed by atoms with Crippen molar-refractivity contribution in [3.63, 3.8) is 0 Å². The summed E-state index contributed by atoms with van der Waals surface area (Å²) >= 11 is 0. The van der Waals surface area contributed by atoms with Gasteiger partial charge in [-0.1, -0.05) is 26.0 Å². The topological polar surface area (TPSA) is 91.3 Å². The fourth-order valence-corrected chi connectivity index (χ4v) is 3.41. The summed E-state index contributed by atoms with van der Waals surface area (Å²) in [7, 11) is 0. The first kappa shape index (κ1) is 26.4. The molecule has 162 valence electrons. The number of rotatable bonds is 9. The molecule has 0 fully saturated rings. The number of aliphatic carboxylic acids is 1. The number of aromatic nitrogens is 1. The number of carboxylic acid groups (broad SMARTS) is 1. The van der Waals surface area contributed by atoms with Gasteiger partial charge in [-0.15, -0.1) is 0 Å². The van der Waals surface area contributed by atoms with Gasteiger partial charge in [-0.05, 0) is 43.2 Å². The second-order valence-electron chi connectivity index (χ2n) is 7.46. The predicted molar refractivity (Wildman–Crippen MR) is 114 cm³/mol. The predicted octanol–water partition coefficient (Wildman–Crippen LogP) is 0.842. The van der Waals surface area contributed by atoms with E-state index in [0.29, 0.717) is 35.5 Å². The number of fused-ring (bicyclic) bond motifs is 1. The van der Waals surface area contributed by atoms with Crippen LogP contribution in [0.15, 0.2) is 54.6 Å². The molecule has 0 aliphatic heterocycles. The van der Waals surface area contributed by atoms with Gasteiger partial charge >= 0.3 is 51.4 Å². The third-order valence-corrected chi connectivity index (χ3v) is 5.50. The second kappa shape index (κ2) is 11.9. The van der Waals surface area contributed by atoms with Crippen LogP contribution < -0.4 is 66.5 Å². The molecule has 0 aliphatic rings. The molecule has 0 atom stereocenters. The Hall–Kier alpha value is -1.84. The minimum Gasteiger partial charge on any atom is -0.550 e. The summed E-state index contributed by atoms with van der Waals surface area (Å²) in [5, 5.41) is 15.1. The van der Waals surface area contributed by atoms with Crippen molar-refractivity contribution < 1.29 is 75.2 Å². The third-order valence-electron chi connectivity index (χ3n) is 5.50. The number of ether oxygens (including phenoxy) is 1. The number of benzene rings is 2. The summed E-state index contributed by atoms with van der Waals surface area (Å²) in [6.45, 7) is 3.63. The molecule has 2 aromatic carbocycles. The van der Waals surface area contributed by atoms with Gasteiger partial charge in [0, 0.05) is 41.0 Å². The molecule has 0 saturated heterocycles. The van der Waals surface area contributed by atoms with Crippen molar-refractivity contribution in [2.45, 2.75) is 39.7 Å². The summed E-state index contributed by atoms with van der Waals surface area (Å²) in [6.07, 6.45) is 0.459. The van der Waals surface area contributed by atoms with Crippen LogP contribution in [0.4, 0.5) is 10.1 Å². The molecule has 3 rings (SSSR count). The van der Waals surface area contributed by atoms with Crippen molar-refractivity contribution in [3.8, 4) is 5.75 Å². The summed E-state index contributed by atoms with van der Waals surface area (Å²) in [6, 6.07) is 14.9. The van der Waals surface area contributed by atoms with Gasteiger partial charge in [0.25, 0.3) is 0 Å². The maximum absolute atomic E-state index is 13.4. The Labute approximate surface area is 229 Å². The Balaban J connectivity index is 0.00000363. The molecule has 0 aliphatic carbocycles. The smallest absolute Gasteiger partial charge is 0.550 e. The quantitative estimate of drug-likeness (QED) is 0.476. The van der Waals surface area contributed by atoms with Crippen LogP contribution in [0.1, 0.15) is 38.8 Å². The molecule has 0 radical (unpaired) electrons. The molecule has 1 aromatic heterocycles. The Morgan fingerprint density at radius 2 is 1.81 bits per heavy atom. The Morgan fingerprint density at radius 1 is 1.09 bits per heavy atom. The first-order valence-electron chi connectivity index (χ1n) is 10.1. The van der Waals surface area contributed by atoms with Crippen LogP contribution in [-0.2, 0) is 16.2 Å². The van der Waals surface area contributed by atoms with E-state index in [0.717, 1.165) is 5.39 Å². The van der Waals surface area contributed by atoms with Crippen LogP contribution in [0.25, 0.3) is 10.9 Å². The van der Waals surface area contributed by atoms with Crippen LogP contribution >= 0.6 is 0 Å². The van der Waals surface area contributed by atoms with Crippen LogP contribution in [0.3, 0.4) is 0 Å². The van der Waals surface area contributed by atoms with Crippen LogP contribution in [0.5, 0.6) is 5.75 Å². The molecule has 1 amide bonds. The molecule has 8 heteroatoms. The maximum Gasteiger partial charge on any atom is 1.00 e. The molecule has 1 N–H and O–H groups in total. The average molecular weight is 463 g/mol. The Bertz CT molecular complexity index is 1100. The van der Waals surface area contributed by atoms with Gasteiger partial charge < -0.3 is 20.0 Å². The first-order valence-corrected chi connectivity index (χ1v) is 10.1. The molecule has 0 saturated carbocycles. The van der Waals surface area contributed by atoms with E-state index in [1.54, 1.807) is 50.2 Å². The molecule has 0 bridgehead atoms. The molecule has 3 aromatic rings. The largest absolute Gasteiger partial charge is 1.00 e. The number of carbonyl (C=O) groups excluding carboxylic acids is 2. The molecule has 6 nitrogen and oxygen atoms in total. The number of nitrogens with zero attached hydrogens (tertiary/aromatic N) is 1. The van der Waals surface area contributed by atoms with E-state index in [9.17, 15) is 19.1 Å². The van der Waals surface area contributed by atoms with Crippen LogP contribution in [-0.4, -0.2) is 16.9 Å². The van der Waals surface area contributed by atoms with Gasteiger partial charge in [-0.2, -0.15) is 0 Å². The standard InChI is InChI=1S/C24H25FN2O4.K/c1-3-24(4-2,23(29)30)14-22(28)27-18-6-5-7-20(13-18)31-15-19-11-9-16-8-10-17(25)12-21(16)26-19;/h5-13H,3-4,14-15H2,1-2H3,(H,27,28)(H,29,30);/q;+1/p-1. The van der Waals surface area contributed by atoms with Crippen molar-refractivity contribution >= 4 is 28.5 Å². The number of hydrogen-bond donors (Lipinski definition) is 1. The van der Waals surface area contributed by atoms with Gasteiger partial charge in [0.1, 0.15) is 18.2 Å². The third kappa shape index (κ3) is 6.58. The van der Waals surface area contributed by atoms with E-state index >= 15 is 0 Å². The van der Waals surface area contributed by atoms with Crippen molar-refractivity contribution in [1.82, 2.24) is 4.98 Å². The summed E-state index contributed by atoms with van der Waals surface area (Å²) in [5.74, 6) is -1.46. The van der Waals surface area contributed by atoms with Gasteiger partial charge in [0.15, 0.2) is 0 Å². The summed E-state index contributed by atoms with van der Waals surface area (Å²) < 4.78 is 19.2. The Morgan fingerprint density at radius 3 is 2.50 bits per heavy atom. The number of pyridine rings is 1. The molecule has 1 heterocycles. The Kier molecular flexibility index (Phi) is 9.78. The number of amides is 1.